The molecule has 0 N–H and O–H groups in total. The van der Waals surface area contributed by atoms with Crippen LogP contribution in [0.3, 0.4) is 0 Å². The lowest BCUT2D eigenvalue weighted by Gasteiger charge is -2.13. The van der Waals surface area contributed by atoms with E-state index in [9.17, 15) is 0 Å². The molecule has 0 amide bonds. The summed E-state index contributed by atoms with van der Waals surface area (Å²) in [5.41, 5.74) is 3.92. The molecular formula is C18H20ClN3O. The molecule has 0 unspecified atom stereocenters. The Hall–Kier alpha value is -2.04. The van der Waals surface area contributed by atoms with Crippen LogP contribution < -0.4 is 4.74 Å². The maximum atomic E-state index is 6.18. The summed E-state index contributed by atoms with van der Waals surface area (Å²) in [5, 5.41) is 0.694. The first-order chi connectivity index (χ1) is 11.1. The molecule has 0 saturated heterocycles. The van der Waals surface area contributed by atoms with E-state index >= 15 is 0 Å². The SMILES string of the molecule is CCOc1ccccc1-c1nc2ccc(Cl)cn2c1CN(C)C. The Balaban J connectivity index is 2.24. The summed E-state index contributed by atoms with van der Waals surface area (Å²) in [6.45, 7) is 3.37. The van der Waals surface area contributed by atoms with E-state index in [0.717, 1.165) is 34.9 Å². The van der Waals surface area contributed by atoms with Gasteiger partial charge in [0.25, 0.3) is 0 Å². The molecule has 0 spiro atoms. The highest BCUT2D eigenvalue weighted by Crippen LogP contribution is 2.33. The van der Waals surface area contributed by atoms with Gasteiger partial charge in [0.05, 0.1) is 23.0 Å². The van der Waals surface area contributed by atoms with Crippen molar-refractivity contribution in [2.45, 2.75) is 13.5 Å². The van der Waals surface area contributed by atoms with Crippen LogP contribution >= 0.6 is 11.6 Å². The molecule has 0 fully saturated rings. The van der Waals surface area contributed by atoms with Gasteiger partial charge in [-0.05, 0) is 45.3 Å². The van der Waals surface area contributed by atoms with Crippen molar-refractivity contribution in [3.05, 3.63) is 53.3 Å². The van der Waals surface area contributed by atoms with Crippen LogP contribution in [0.4, 0.5) is 0 Å². The average molecular weight is 330 g/mol. The third-order valence-electron chi connectivity index (χ3n) is 3.59. The first-order valence-corrected chi connectivity index (χ1v) is 8.01. The van der Waals surface area contributed by atoms with Gasteiger partial charge >= 0.3 is 0 Å². The monoisotopic (exact) mass is 329 g/mol. The minimum atomic E-state index is 0.624. The quantitative estimate of drug-likeness (QED) is 0.705. The summed E-state index contributed by atoms with van der Waals surface area (Å²) >= 11 is 6.18. The van der Waals surface area contributed by atoms with Crippen LogP contribution in [0.1, 0.15) is 12.6 Å². The predicted molar refractivity (Wildman–Crippen MR) is 94.2 cm³/mol. The lowest BCUT2D eigenvalue weighted by Crippen LogP contribution is -2.13. The zero-order valence-corrected chi connectivity index (χ0v) is 14.3. The number of hydrogen-bond acceptors (Lipinski definition) is 3. The molecule has 0 aliphatic rings. The molecule has 5 heteroatoms. The topological polar surface area (TPSA) is 29.8 Å². The number of halogens is 1. The fourth-order valence-corrected chi connectivity index (χ4v) is 2.84. The number of aromatic nitrogens is 2. The number of ether oxygens (including phenoxy) is 1. The van der Waals surface area contributed by atoms with Gasteiger partial charge in [0, 0.05) is 18.3 Å². The zero-order valence-electron chi connectivity index (χ0n) is 13.6. The van der Waals surface area contributed by atoms with Gasteiger partial charge in [-0.3, -0.25) is 0 Å². The van der Waals surface area contributed by atoms with Crippen molar-refractivity contribution < 1.29 is 4.74 Å². The standard InChI is InChI=1S/C18H20ClN3O/c1-4-23-16-8-6-5-7-14(16)18-15(12-21(2)3)22-11-13(19)9-10-17(22)20-18/h5-11H,4,12H2,1-3H3. The number of benzene rings is 1. The van der Waals surface area contributed by atoms with Crippen LogP contribution in [0.15, 0.2) is 42.6 Å². The van der Waals surface area contributed by atoms with Crippen molar-refractivity contribution in [3.63, 3.8) is 0 Å². The van der Waals surface area contributed by atoms with Crippen molar-refractivity contribution in [2.24, 2.45) is 0 Å². The predicted octanol–water partition coefficient (Wildman–Crippen LogP) is 4.12. The number of nitrogens with zero attached hydrogens (tertiary/aromatic N) is 3. The Labute approximate surface area is 141 Å². The number of pyridine rings is 1. The number of hydrogen-bond donors (Lipinski definition) is 0. The second-order valence-electron chi connectivity index (χ2n) is 5.65. The summed E-state index contributed by atoms with van der Waals surface area (Å²) in [4.78, 5) is 6.94. The summed E-state index contributed by atoms with van der Waals surface area (Å²) in [5.74, 6) is 0.851. The number of fused-ring (bicyclic) bond motifs is 1. The van der Waals surface area contributed by atoms with Crippen molar-refractivity contribution >= 4 is 17.2 Å². The Kier molecular flexibility index (Phi) is 4.55. The Bertz CT molecular complexity index is 826. The summed E-state index contributed by atoms with van der Waals surface area (Å²) in [6, 6.07) is 11.8. The van der Waals surface area contributed by atoms with Gasteiger partial charge < -0.3 is 14.0 Å². The van der Waals surface area contributed by atoms with Crippen LogP contribution in [0.25, 0.3) is 16.9 Å². The van der Waals surface area contributed by atoms with E-state index in [-0.39, 0.29) is 0 Å². The van der Waals surface area contributed by atoms with E-state index in [0.29, 0.717) is 11.6 Å². The van der Waals surface area contributed by atoms with Gasteiger partial charge in [-0.25, -0.2) is 4.98 Å². The molecule has 0 aliphatic carbocycles. The molecule has 4 nitrogen and oxygen atoms in total. The van der Waals surface area contributed by atoms with Crippen LogP contribution in [-0.4, -0.2) is 35.0 Å². The molecule has 2 heterocycles. The molecule has 3 rings (SSSR count). The van der Waals surface area contributed by atoms with Crippen molar-refractivity contribution in [2.75, 3.05) is 20.7 Å². The van der Waals surface area contributed by atoms with Crippen molar-refractivity contribution in [3.8, 4) is 17.0 Å². The molecule has 3 aromatic rings. The Morgan fingerprint density at radius 3 is 2.70 bits per heavy atom. The third-order valence-corrected chi connectivity index (χ3v) is 3.81. The molecule has 1 aromatic carbocycles. The number of rotatable bonds is 5. The van der Waals surface area contributed by atoms with Crippen LogP contribution in [0, 0.1) is 0 Å². The first kappa shape index (κ1) is 15.8. The average Bonchev–Trinajstić information content (AvgIpc) is 2.86. The second kappa shape index (κ2) is 6.60. The van der Waals surface area contributed by atoms with Gasteiger partial charge in [-0.2, -0.15) is 0 Å². The fourth-order valence-electron chi connectivity index (χ4n) is 2.68. The van der Waals surface area contributed by atoms with Gasteiger partial charge in [-0.1, -0.05) is 23.7 Å². The minimum Gasteiger partial charge on any atom is -0.493 e. The van der Waals surface area contributed by atoms with Gasteiger partial charge in [0.2, 0.25) is 0 Å². The van der Waals surface area contributed by atoms with Gasteiger partial charge in [0.1, 0.15) is 11.4 Å². The highest BCUT2D eigenvalue weighted by molar-refractivity contribution is 6.30. The second-order valence-corrected chi connectivity index (χ2v) is 6.09. The van der Waals surface area contributed by atoms with E-state index in [4.69, 9.17) is 21.3 Å². The molecule has 0 radical (unpaired) electrons. The maximum Gasteiger partial charge on any atom is 0.137 e. The number of para-hydroxylation sites is 1. The fraction of sp³-hybridized carbons (Fsp3) is 0.278. The molecule has 120 valence electrons. The third kappa shape index (κ3) is 3.19. The Morgan fingerprint density at radius 1 is 1.17 bits per heavy atom. The molecule has 23 heavy (non-hydrogen) atoms. The first-order valence-electron chi connectivity index (χ1n) is 7.63. The largest absolute Gasteiger partial charge is 0.493 e. The van der Waals surface area contributed by atoms with E-state index < -0.39 is 0 Å². The number of imidazole rings is 1. The van der Waals surface area contributed by atoms with Crippen LogP contribution in [0.5, 0.6) is 5.75 Å². The molecular weight excluding hydrogens is 310 g/mol. The molecule has 0 saturated carbocycles. The smallest absolute Gasteiger partial charge is 0.137 e. The maximum absolute atomic E-state index is 6.18. The molecule has 2 aromatic heterocycles. The van der Waals surface area contributed by atoms with Crippen molar-refractivity contribution in [1.29, 1.82) is 0 Å². The lowest BCUT2D eigenvalue weighted by atomic mass is 10.1. The van der Waals surface area contributed by atoms with Crippen molar-refractivity contribution in [1.82, 2.24) is 14.3 Å². The zero-order chi connectivity index (χ0) is 16.4. The molecule has 0 atom stereocenters. The summed E-state index contributed by atoms with van der Waals surface area (Å²) < 4.78 is 7.84. The van der Waals surface area contributed by atoms with Gasteiger partial charge in [0.15, 0.2) is 0 Å². The highest BCUT2D eigenvalue weighted by atomic mass is 35.5. The summed E-state index contributed by atoms with van der Waals surface area (Å²) in [7, 11) is 4.09. The highest BCUT2D eigenvalue weighted by Gasteiger charge is 2.18. The normalized spacial score (nSPS) is 11.3. The Morgan fingerprint density at radius 2 is 1.96 bits per heavy atom. The summed E-state index contributed by atoms with van der Waals surface area (Å²) in [6.07, 6.45) is 1.91. The molecule has 0 bridgehead atoms. The lowest BCUT2D eigenvalue weighted by molar-refractivity contribution is 0.341. The molecule has 0 aliphatic heterocycles. The van der Waals surface area contributed by atoms with Crippen LogP contribution in [0.2, 0.25) is 5.02 Å². The van der Waals surface area contributed by atoms with Crippen LogP contribution in [-0.2, 0) is 6.54 Å². The van der Waals surface area contributed by atoms with E-state index in [1.54, 1.807) is 0 Å². The minimum absolute atomic E-state index is 0.624. The van der Waals surface area contributed by atoms with E-state index in [2.05, 4.69) is 9.30 Å². The van der Waals surface area contributed by atoms with E-state index in [1.165, 1.54) is 0 Å². The van der Waals surface area contributed by atoms with E-state index in [1.807, 2.05) is 63.6 Å². The van der Waals surface area contributed by atoms with Gasteiger partial charge in [-0.15, -0.1) is 0 Å².